The van der Waals surface area contributed by atoms with Crippen molar-refractivity contribution in [2.45, 2.75) is 99.3 Å². The minimum absolute atomic E-state index is 0.305. The molecule has 0 bridgehead atoms. The van der Waals surface area contributed by atoms with Crippen molar-refractivity contribution in [2.24, 2.45) is 28.6 Å². The first-order valence-electron chi connectivity index (χ1n) is 10.3. The van der Waals surface area contributed by atoms with E-state index in [2.05, 4.69) is 40.7 Å². The quantitative estimate of drug-likeness (QED) is 0.480. The molecule has 2 aliphatic carbocycles. The first-order valence-corrected chi connectivity index (χ1v) is 10.3. The minimum Gasteiger partial charge on any atom is -0.300 e. The van der Waals surface area contributed by atoms with Gasteiger partial charge in [0.25, 0.3) is 0 Å². The van der Waals surface area contributed by atoms with E-state index >= 15 is 0 Å². The molecule has 2 fully saturated rings. The van der Waals surface area contributed by atoms with Crippen LogP contribution in [-0.4, -0.2) is 5.78 Å². The van der Waals surface area contributed by atoms with Crippen molar-refractivity contribution in [3.63, 3.8) is 0 Å². The lowest BCUT2D eigenvalue weighted by Crippen LogP contribution is -2.51. The van der Waals surface area contributed by atoms with E-state index in [9.17, 15) is 4.79 Å². The first kappa shape index (κ1) is 19.7. The monoisotopic (exact) mass is 332 g/mol. The summed E-state index contributed by atoms with van der Waals surface area (Å²) in [5, 5.41) is 0. The van der Waals surface area contributed by atoms with Crippen LogP contribution in [-0.2, 0) is 4.79 Å². The fourth-order valence-electron chi connectivity index (χ4n) is 6.23. The van der Waals surface area contributed by atoms with Gasteiger partial charge in [0, 0.05) is 6.42 Å². The highest BCUT2D eigenvalue weighted by Crippen LogP contribution is 2.62. The van der Waals surface area contributed by atoms with Crippen molar-refractivity contribution in [2.75, 3.05) is 0 Å². The van der Waals surface area contributed by atoms with Gasteiger partial charge in [-0.1, -0.05) is 52.2 Å². The van der Waals surface area contributed by atoms with Crippen LogP contribution in [0, 0.1) is 28.6 Å². The van der Waals surface area contributed by atoms with Crippen LogP contribution in [0.5, 0.6) is 0 Å². The lowest BCUT2D eigenvalue weighted by atomic mass is 9.46. The van der Waals surface area contributed by atoms with Crippen LogP contribution in [0.15, 0.2) is 11.6 Å². The van der Waals surface area contributed by atoms with Gasteiger partial charge in [-0.2, -0.15) is 0 Å². The molecule has 0 aromatic heterocycles. The van der Waals surface area contributed by atoms with Crippen LogP contribution in [0.25, 0.3) is 0 Å². The lowest BCUT2D eigenvalue weighted by Gasteiger charge is -2.59. The Kier molecular flexibility index (Phi) is 6.37. The average molecular weight is 333 g/mol. The number of hydrogen-bond acceptors (Lipinski definition) is 1. The van der Waals surface area contributed by atoms with Gasteiger partial charge in [0.05, 0.1) is 0 Å². The van der Waals surface area contributed by atoms with E-state index in [0.717, 1.165) is 24.2 Å². The van der Waals surface area contributed by atoms with Crippen LogP contribution < -0.4 is 0 Å². The summed E-state index contributed by atoms with van der Waals surface area (Å²) in [6.07, 6.45) is 13.6. The second-order valence-corrected chi connectivity index (χ2v) is 9.89. The summed E-state index contributed by atoms with van der Waals surface area (Å²) in [4.78, 5) is 11.1. The summed E-state index contributed by atoms with van der Waals surface area (Å²) in [5.41, 5.74) is 2.56. The standard InChI is InChI=1S/C23H40O/c1-17(9-7-10-19(3)24)11-13-20-18(2)12-14-21-22(4,5)15-8-16-23(20,21)6/h9,18,20-21H,7-8,10-16H2,1-6H3/b17-9-/t18-,20-,21-,23-/m1/s1. The molecule has 0 unspecified atom stereocenters. The molecule has 2 aliphatic rings. The van der Waals surface area contributed by atoms with Crippen LogP contribution in [0.1, 0.15) is 99.3 Å². The van der Waals surface area contributed by atoms with E-state index in [-0.39, 0.29) is 0 Å². The van der Waals surface area contributed by atoms with Gasteiger partial charge >= 0.3 is 0 Å². The first-order chi connectivity index (χ1) is 11.2. The summed E-state index contributed by atoms with van der Waals surface area (Å²) in [6.45, 7) is 14.1. The van der Waals surface area contributed by atoms with Gasteiger partial charge in [0.1, 0.15) is 5.78 Å². The van der Waals surface area contributed by atoms with E-state index in [1.54, 1.807) is 6.92 Å². The Bertz CT molecular complexity index is 472. The van der Waals surface area contributed by atoms with Crippen molar-refractivity contribution in [1.29, 1.82) is 0 Å². The molecule has 0 saturated heterocycles. The molecular weight excluding hydrogens is 292 g/mol. The average Bonchev–Trinajstić information content (AvgIpc) is 2.45. The topological polar surface area (TPSA) is 17.1 Å². The second-order valence-electron chi connectivity index (χ2n) is 9.89. The van der Waals surface area contributed by atoms with E-state index in [1.807, 2.05) is 0 Å². The van der Waals surface area contributed by atoms with Crippen molar-refractivity contribution >= 4 is 5.78 Å². The molecule has 138 valence electrons. The Morgan fingerprint density at radius 3 is 2.46 bits per heavy atom. The zero-order valence-corrected chi connectivity index (χ0v) is 17.1. The predicted molar refractivity (Wildman–Crippen MR) is 104 cm³/mol. The maximum absolute atomic E-state index is 11.1. The highest BCUT2D eigenvalue weighted by atomic mass is 16.1. The van der Waals surface area contributed by atoms with Crippen LogP contribution in [0.2, 0.25) is 0 Å². The Labute approximate surface area is 150 Å². The van der Waals surface area contributed by atoms with Crippen molar-refractivity contribution in [1.82, 2.24) is 0 Å². The molecular formula is C23H40O. The minimum atomic E-state index is 0.305. The van der Waals surface area contributed by atoms with Crippen molar-refractivity contribution in [3.05, 3.63) is 11.6 Å². The van der Waals surface area contributed by atoms with Gasteiger partial charge in [-0.15, -0.1) is 0 Å². The summed E-state index contributed by atoms with van der Waals surface area (Å²) >= 11 is 0. The molecule has 24 heavy (non-hydrogen) atoms. The number of fused-ring (bicyclic) bond motifs is 1. The van der Waals surface area contributed by atoms with E-state index in [1.165, 1.54) is 50.5 Å². The molecule has 0 aromatic rings. The van der Waals surface area contributed by atoms with Crippen LogP contribution in [0.3, 0.4) is 0 Å². The molecule has 0 radical (unpaired) electrons. The van der Waals surface area contributed by atoms with Crippen molar-refractivity contribution < 1.29 is 4.79 Å². The molecule has 0 heterocycles. The maximum Gasteiger partial charge on any atom is 0.130 e. The second kappa shape index (κ2) is 7.75. The molecule has 1 nitrogen and oxygen atoms in total. The zero-order valence-electron chi connectivity index (χ0n) is 17.1. The van der Waals surface area contributed by atoms with E-state index in [0.29, 0.717) is 23.0 Å². The highest BCUT2D eigenvalue weighted by Gasteiger charge is 2.53. The number of carbonyl (C=O) groups excluding carboxylic acids is 1. The summed E-state index contributed by atoms with van der Waals surface area (Å²) < 4.78 is 0. The fourth-order valence-corrected chi connectivity index (χ4v) is 6.23. The van der Waals surface area contributed by atoms with Gasteiger partial charge in [-0.25, -0.2) is 0 Å². The summed E-state index contributed by atoms with van der Waals surface area (Å²) in [7, 11) is 0. The molecule has 2 saturated carbocycles. The molecule has 0 N–H and O–H groups in total. The van der Waals surface area contributed by atoms with Gasteiger partial charge in [-0.05, 0) is 81.0 Å². The summed E-state index contributed by atoms with van der Waals surface area (Å²) in [6, 6.07) is 0. The fraction of sp³-hybridized carbons (Fsp3) is 0.870. The smallest absolute Gasteiger partial charge is 0.130 e. The van der Waals surface area contributed by atoms with Gasteiger partial charge < -0.3 is 4.79 Å². The number of rotatable bonds is 6. The third-order valence-corrected chi connectivity index (χ3v) is 7.56. The van der Waals surface area contributed by atoms with Gasteiger partial charge in [0.2, 0.25) is 0 Å². The molecule has 0 aliphatic heterocycles. The van der Waals surface area contributed by atoms with Gasteiger partial charge in [0.15, 0.2) is 0 Å². The zero-order chi connectivity index (χ0) is 18.0. The van der Waals surface area contributed by atoms with Crippen LogP contribution >= 0.6 is 0 Å². The Balaban J connectivity index is 2.03. The predicted octanol–water partition coefficient (Wildman–Crippen LogP) is 6.96. The Morgan fingerprint density at radius 2 is 1.79 bits per heavy atom. The number of ketones is 1. The number of Topliss-reactive ketones (excluding diaryl/α,β-unsaturated/α-hetero) is 1. The maximum atomic E-state index is 11.1. The van der Waals surface area contributed by atoms with Crippen LogP contribution in [0.4, 0.5) is 0 Å². The third-order valence-electron chi connectivity index (χ3n) is 7.56. The Morgan fingerprint density at radius 1 is 1.08 bits per heavy atom. The Hall–Kier alpha value is -0.590. The van der Waals surface area contributed by atoms with Gasteiger partial charge in [-0.3, -0.25) is 0 Å². The van der Waals surface area contributed by atoms with Crippen molar-refractivity contribution in [3.8, 4) is 0 Å². The number of carbonyl (C=O) groups is 1. The SMILES string of the molecule is CC(=O)CC/C=C(/C)CC[C@@H]1[C@H](C)CC[C@@H]2C(C)(C)CCC[C@]12C. The molecule has 0 amide bonds. The molecule has 4 atom stereocenters. The normalized spacial score (nSPS) is 36.2. The van der Waals surface area contributed by atoms with E-state index in [4.69, 9.17) is 0 Å². The number of allylic oxidation sites excluding steroid dienone is 2. The summed E-state index contributed by atoms with van der Waals surface area (Å²) in [5.74, 6) is 2.94. The lowest BCUT2D eigenvalue weighted by molar-refractivity contribution is -0.116. The van der Waals surface area contributed by atoms with E-state index < -0.39 is 0 Å². The molecule has 0 spiro atoms. The molecule has 1 heteroatoms. The third kappa shape index (κ3) is 4.33. The molecule has 2 rings (SSSR count). The highest BCUT2D eigenvalue weighted by molar-refractivity contribution is 5.75. The molecule has 0 aromatic carbocycles. The number of hydrogen-bond donors (Lipinski definition) is 0. The largest absolute Gasteiger partial charge is 0.300 e.